The van der Waals surface area contributed by atoms with E-state index in [-0.39, 0.29) is 12.3 Å². The number of nitrogens with zero attached hydrogens (tertiary/aromatic N) is 6. The molecule has 0 aliphatic carbocycles. The second kappa shape index (κ2) is 9.26. The first-order valence-corrected chi connectivity index (χ1v) is 12.1. The number of rotatable bonds is 4. The van der Waals surface area contributed by atoms with E-state index in [1.165, 1.54) is 4.90 Å². The van der Waals surface area contributed by atoms with E-state index in [9.17, 15) is 9.90 Å². The van der Waals surface area contributed by atoms with Gasteiger partial charge in [-0.15, -0.1) is 0 Å². The molecule has 9 nitrogen and oxygen atoms in total. The van der Waals surface area contributed by atoms with E-state index in [0.717, 1.165) is 84.3 Å². The SMILES string of the molecule is CN(C(=O)O)C1CCN(c2cncc(-c3nn(C4CCCCO4)c4cnc(Br)cc34)c2)CC1. The van der Waals surface area contributed by atoms with Gasteiger partial charge in [0.05, 0.1) is 23.6 Å². The molecule has 2 aliphatic rings. The number of aromatic nitrogens is 4. The number of fused-ring (bicyclic) bond motifs is 1. The Bertz CT molecular complexity index is 1150. The fraction of sp³-hybridized carbons (Fsp3) is 0.478. The van der Waals surface area contributed by atoms with Crippen LogP contribution < -0.4 is 4.90 Å². The van der Waals surface area contributed by atoms with Gasteiger partial charge in [-0.25, -0.2) is 14.5 Å². The standard InChI is InChI=1S/C23H27BrN6O3/c1-28(23(31)32)16-5-7-29(8-6-16)17-10-15(12-25-13-17)22-18-11-20(24)26-14-19(18)30(27-22)21-4-2-3-9-33-21/h10-14,16,21H,2-9H2,1H3,(H,31,32). The van der Waals surface area contributed by atoms with Crippen LogP contribution in [0.2, 0.25) is 0 Å². The van der Waals surface area contributed by atoms with Gasteiger partial charge in [0, 0.05) is 49.9 Å². The van der Waals surface area contributed by atoms with E-state index >= 15 is 0 Å². The number of pyridine rings is 2. The average molecular weight is 515 g/mol. The molecular weight excluding hydrogens is 488 g/mol. The Balaban J connectivity index is 1.45. The molecule has 10 heteroatoms. The number of hydrogen-bond donors (Lipinski definition) is 1. The Hall–Kier alpha value is -2.72. The molecule has 0 spiro atoms. The molecule has 0 radical (unpaired) electrons. The molecule has 174 valence electrons. The van der Waals surface area contributed by atoms with Gasteiger partial charge in [-0.3, -0.25) is 4.98 Å². The quantitative estimate of drug-likeness (QED) is 0.510. The molecule has 0 saturated carbocycles. The van der Waals surface area contributed by atoms with Crippen molar-refractivity contribution in [1.82, 2.24) is 24.6 Å². The van der Waals surface area contributed by atoms with Crippen LogP contribution in [0.25, 0.3) is 22.2 Å². The molecule has 1 amide bonds. The van der Waals surface area contributed by atoms with Crippen LogP contribution in [-0.2, 0) is 4.74 Å². The lowest BCUT2D eigenvalue weighted by molar-refractivity contribution is -0.0365. The number of carbonyl (C=O) groups is 1. The van der Waals surface area contributed by atoms with Gasteiger partial charge in [0.25, 0.3) is 0 Å². The first kappa shape index (κ1) is 22.1. The van der Waals surface area contributed by atoms with Crippen molar-refractivity contribution in [3.63, 3.8) is 0 Å². The van der Waals surface area contributed by atoms with E-state index in [1.54, 1.807) is 7.05 Å². The Morgan fingerprint density at radius 3 is 2.73 bits per heavy atom. The van der Waals surface area contributed by atoms with Crippen LogP contribution in [0.15, 0.2) is 35.3 Å². The van der Waals surface area contributed by atoms with Gasteiger partial charge in [0.15, 0.2) is 6.23 Å². The maximum absolute atomic E-state index is 11.3. The molecule has 3 aromatic rings. The summed E-state index contributed by atoms with van der Waals surface area (Å²) in [5.41, 5.74) is 3.77. The van der Waals surface area contributed by atoms with E-state index in [2.05, 4.69) is 36.9 Å². The summed E-state index contributed by atoms with van der Waals surface area (Å²) in [5.74, 6) is 0. The molecule has 1 unspecified atom stereocenters. The fourth-order valence-corrected chi connectivity index (χ4v) is 5.09. The van der Waals surface area contributed by atoms with Crippen molar-refractivity contribution in [2.45, 2.75) is 44.4 Å². The smallest absolute Gasteiger partial charge is 0.407 e. The summed E-state index contributed by atoms with van der Waals surface area (Å²) in [6, 6.07) is 4.17. The van der Waals surface area contributed by atoms with Crippen LogP contribution in [-0.4, -0.2) is 68.6 Å². The van der Waals surface area contributed by atoms with Crippen molar-refractivity contribution in [2.75, 3.05) is 31.6 Å². The summed E-state index contributed by atoms with van der Waals surface area (Å²) in [7, 11) is 1.65. The van der Waals surface area contributed by atoms with Gasteiger partial charge in [-0.1, -0.05) is 0 Å². The van der Waals surface area contributed by atoms with Crippen LogP contribution >= 0.6 is 15.9 Å². The minimum atomic E-state index is -0.873. The predicted octanol–water partition coefficient (Wildman–Crippen LogP) is 4.53. The Kier molecular flexibility index (Phi) is 6.20. The lowest BCUT2D eigenvalue weighted by Gasteiger charge is -2.36. The number of carboxylic acid groups (broad SMARTS) is 1. The number of piperidine rings is 1. The van der Waals surface area contributed by atoms with Crippen LogP contribution in [0.3, 0.4) is 0 Å². The number of halogens is 1. The molecule has 2 fully saturated rings. The molecule has 0 bridgehead atoms. The normalized spacial score (nSPS) is 19.7. The summed E-state index contributed by atoms with van der Waals surface area (Å²) >= 11 is 3.50. The van der Waals surface area contributed by atoms with Gasteiger partial charge >= 0.3 is 6.09 Å². The van der Waals surface area contributed by atoms with Gasteiger partial charge in [0.1, 0.15) is 10.3 Å². The maximum Gasteiger partial charge on any atom is 0.407 e. The van der Waals surface area contributed by atoms with Crippen molar-refractivity contribution >= 4 is 38.6 Å². The molecule has 5 heterocycles. The third-order valence-corrected chi connectivity index (χ3v) is 7.10. The van der Waals surface area contributed by atoms with Crippen LogP contribution in [0.5, 0.6) is 0 Å². The van der Waals surface area contributed by atoms with Crippen molar-refractivity contribution < 1.29 is 14.6 Å². The highest BCUT2D eigenvalue weighted by atomic mass is 79.9. The molecule has 5 rings (SSSR count). The first-order valence-electron chi connectivity index (χ1n) is 11.3. The Morgan fingerprint density at radius 2 is 2.00 bits per heavy atom. The summed E-state index contributed by atoms with van der Waals surface area (Å²) in [6.07, 6.45) is 9.32. The van der Waals surface area contributed by atoms with E-state index < -0.39 is 6.09 Å². The summed E-state index contributed by atoms with van der Waals surface area (Å²) in [6.45, 7) is 2.32. The second-order valence-electron chi connectivity index (χ2n) is 8.68. The fourth-order valence-electron chi connectivity index (χ4n) is 4.76. The molecule has 3 aromatic heterocycles. The third kappa shape index (κ3) is 4.41. The average Bonchev–Trinajstić information content (AvgIpc) is 3.23. The molecule has 1 N–H and O–H groups in total. The third-order valence-electron chi connectivity index (χ3n) is 6.66. The number of anilines is 1. The minimum absolute atomic E-state index is 0.0508. The largest absolute Gasteiger partial charge is 0.465 e. The number of ether oxygens (including phenoxy) is 1. The van der Waals surface area contributed by atoms with E-state index in [1.807, 2.05) is 29.3 Å². The monoisotopic (exact) mass is 514 g/mol. The topological polar surface area (TPSA) is 96.6 Å². The highest BCUT2D eigenvalue weighted by Gasteiger charge is 2.26. The van der Waals surface area contributed by atoms with Gasteiger partial charge in [-0.05, 0) is 60.2 Å². The van der Waals surface area contributed by atoms with Crippen molar-refractivity contribution in [3.8, 4) is 11.3 Å². The zero-order chi connectivity index (χ0) is 22.9. The van der Waals surface area contributed by atoms with Crippen molar-refractivity contribution in [3.05, 3.63) is 35.3 Å². The highest BCUT2D eigenvalue weighted by Crippen LogP contribution is 2.35. The van der Waals surface area contributed by atoms with Crippen LogP contribution in [0.1, 0.15) is 38.3 Å². The molecule has 33 heavy (non-hydrogen) atoms. The predicted molar refractivity (Wildman–Crippen MR) is 128 cm³/mol. The molecular formula is C23H27BrN6O3. The van der Waals surface area contributed by atoms with Crippen molar-refractivity contribution in [1.29, 1.82) is 0 Å². The molecule has 0 aromatic carbocycles. The zero-order valence-corrected chi connectivity index (χ0v) is 20.1. The molecule has 2 saturated heterocycles. The minimum Gasteiger partial charge on any atom is -0.465 e. The molecule has 1 atom stereocenters. The van der Waals surface area contributed by atoms with E-state index in [4.69, 9.17) is 9.84 Å². The van der Waals surface area contributed by atoms with E-state index in [0.29, 0.717) is 0 Å². The highest BCUT2D eigenvalue weighted by molar-refractivity contribution is 9.10. The Labute approximate surface area is 200 Å². The first-order chi connectivity index (χ1) is 16.0. The Morgan fingerprint density at radius 1 is 1.18 bits per heavy atom. The lowest BCUT2D eigenvalue weighted by atomic mass is 10.0. The zero-order valence-electron chi connectivity index (χ0n) is 18.5. The summed E-state index contributed by atoms with van der Waals surface area (Å²) in [4.78, 5) is 23.9. The number of hydrogen-bond acceptors (Lipinski definition) is 6. The summed E-state index contributed by atoms with van der Waals surface area (Å²) in [5, 5.41) is 15.2. The van der Waals surface area contributed by atoms with Gasteiger partial charge in [0.2, 0.25) is 0 Å². The molecule has 2 aliphatic heterocycles. The number of amides is 1. The second-order valence-corrected chi connectivity index (χ2v) is 9.49. The van der Waals surface area contributed by atoms with Gasteiger partial charge in [-0.2, -0.15) is 5.10 Å². The van der Waals surface area contributed by atoms with Crippen LogP contribution in [0, 0.1) is 0 Å². The van der Waals surface area contributed by atoms with Gasteiger partial charge < -0.3 is 19.6 Å². The van der Waals surface area contributed by atoms with Crippen LogP contribution in [0.4, 0.5) is 10.5 Å². The maximum atomic E-state index is 11.3. The van der Waals surface area contributed by atoms with Crippen molar-refractivity contribution in [2.24, 2.45) is 0 Å². The summed E-state index contributed by atoms with van der Waals surface area (Å²) < 4.78 is 8.73. The lowest BCUT2D eigenvalue weighted by Crippen LogP contribution is -2.45.